The van der Waals surface area contributed by atoms with Crippen molar-refractivity contribution in [1.29, 1.82) is 0 Å². The van der Waals surface area contributed by atoms with Gasteiger partial charge in [-0.3, -0.25) is 0 Å². The van der Waals surface area contributed by atoms with Gasteiger partial charge in [-0.05, 0) is 73.5 Å². The number of fused-ring (bicyclic) bond motifs is 6. The molecule has 2 aromatic heterocycles. The molecule has 2 heterocycles. The Kier molecular flexibility index (Phi) is 6.13. The van der Waals surface area contributed by atoms with Crippen molar-refractivity contribution >= 4 is 43.6 Å². The molecule has 226 valence electrons. The second kappa shape index (κ2) is 10.0. The van der Waals surface area contributed by atoms with Gasteiger partial charge in [-0.25, -0.2) is 8.78 Å². The molecule has 8 aromatic rings. The van der Waals surface area contributed by atoms with Gasteiger partial charge in [0, 0.05) is 27.1 Å². The first-order valence-electron chi connectivity index (χ1n) is 14.8. The van der Waals surface area contributed by atoms with E-state index in [1.54, 1.807) is 21.3 Å². The van der Waals surface area contributed by atoms with Gasteiger partial charge >= 0.3 is 6.18 Å². The van der Waals surface area contributed by atoms with E-state index in [1.165, 1.54) is 6.07 Å². The molecule has 0 radical (unpaired) electrons. The normalized spacial score (nSPS) is 12.2. The summed E-state index contributed by atoms with van der Waals surface area (Å²) >= 11 is 0. The van der Waals surface area contributed by atoms with E-state index in [2.05, 4.69) is 0 Å². The third-order valence-corrected chi connectivity index (χ3v) is 8.78. The molecular formula is C39H25F5N2. The van der Waals surface area contributed by atoms with Gasteiger partial charge in [0.25, 0.3) is 0 Å². The number of nitrogens with zero attached hydrogens (tertiary/aromatic N) is 2. The Bertz CT molecular complexity index is 2350. The lowest BCUT2D eigenvalue weighted by molar-refractivity contribution is -0.137. The van der Waals surface area contributed by atoms with Crippen LogP contribution in [0.5, 0.6) is 0 Å². The van der Waals surface area contributed by atoms with E-state index in [0.29, 0.717) is 22.1 Å². The van der Waals surface area contributed by atoms with E-state index in [4.69, 9.17) is 0 Å². The number of halogens is 5. The zero-order valence-electron chi connectivity index (χ0n) is 24.8. The number of hydrogen-bond acceptors (Lipinski definition) is 0. The van der Waals surface area contributed by atoms with Gasteiger partial charge in [0.05, 0.1) is 44.6 Å². The second-order valence-electron chi connectivity index (χ2n) is 11.7. The Labute approximate surface area is 260 Å². The number of hydrogen-bond donors (Lipinski definition) is 0. The van der Waals surface area contributed by atoms with E-state index in [-0.39, 0.29) is 16.9 Å². The number of alkyl halides is 3. The third-order valence-electron chi connectivity index (χ3n) is 8.78. The lowest BCUT2D eigenvalue weighted by Crippen LogP contribution is -2.12. The Morgan fingerprint density at radius 3 is 1.35 bits per heavy atom. The van der Waals surface area contributed by atoms with Gasteiger partial charge in [-0.1, -0.05) is 66.7 Å². The molecule has 0 unspecified atom stereocenters. The Morgan fingerprint density at radius 2 is 0.891 bits per heavy atom. The van der Waals surface area contributed by atoms with Crippen molar-refractivity contribution in [2.75, 3.05) is 0 Å². The van der Waals surface area contributed by atoms with Crippen molar-refractivity contribution < 1.29 is 22.0 Å². The maximum atomic E-state index is 16.0. The summed E-state index contributed by atoms with van der Waals surface area (Å²) in [5, 5.41) is 3.24. The number of rotatable bonds is 3. The van der Waals surface area contributed by atoms with Gasteiger partial charge in [0.2, 0.25) is 0 Å². The summed E-state index contributed by atoms with van der Waals surface area (Å²) in [6.45, 7) is 3.80. The van der Waals surface area contributed by atoms with Crippen LogP contribution in [0.4, 0.5) is 22.0 Å². The topological polar surface area (TPSA) is 9.86 Å². The van der Waals surface area contributed by atoms with E-state index >= 15 is 8.78 Å². The highest BCUT2D eigenvalue weighted by Gasteiger charge is 2.35. The van der Waals surface area contributed by atoms with E-state index in [9.17, 15) is 13.2 Å². The third kappa shape index (κ3) is 4.15. The van der Waals surface area contributed by atoms with Gasteiger partial charge in [0.1, 0.15) is 11.6 Å². The van der Waals surface area contributed by atoms with Crippen molar-refractivity contribution in [1.82, 2.24) is 9.13 Å². The molecule has 0 amide bonds. The van der Waals surface area contributed by atoms with Crippen LogP contribution in [-0.2, 0) is 6.18 Å². The van der Waals surface area contributed by atoms with Gasteiger partial charge < -0.3 is 9.13 Å². The fourth-order valence-corrected chi connectivity index (χ4v) is 6.80. The number of para-hydroxylation sites is 2. The van der Waals surface area contributed by atoms with Crippen LogP contribution in [0.2, 0.25) is 0 Å². The largest absolute Gasteiger partial charge is 0.416 e. The molecule has 0 aliphatic carbocycles. The quantitative estimate of drug-likeness (QED) is 0.175. The summed E-state index contributed by atoms with van der Waals surface area (Å²) < 4.78 is 80.3. The molecule has 0 atom stereocenters. The summed E-state index contributed by atoms with van der Waals surface area (Å²) in [7, 11) is 0. The van der Waals surface area contributed by atoms with Crippen molar-refractivity contribution in [2.45, 2.75) is 20.0 Å². The Morgan fingerprint density at radius 1 is 0.457 bits per heavy atom. The first-order valence-corrected chi connectivity index (χ1v) is 14.8. The second-order valence-corrected chi connectivity index (χ2v) is 11.7. The number of benzene rings is 6. The van der Waals surface area contributed by atoms with Crippen LogP contribution in [0.3, 0.4) is 0 Å². The summed E-state index contributed by atoms with van der Waals surface area (Å²) in [6.07, 6.45) is -4.76. The molecule has 0 spiro atoms. The van der Waals surface area contributed by atoms with Gasteiger partial charge in [0.15, 0.2) is 0 Å². The molecule has 7 heteroatoms. The van der Waals surface area contributed by atoms with Crippen LogP contribution >= 0.6 is 0 Å². The molecular weight excluding hydrogens is 591 g/mol. The molecule has 0 fully saturated rings. The van der Waals surface area contributed by atoms with Gasteiger partial charge in [-0.2, -0.15) is 13.2 Å². The highest BCUT2D eigenvalue weighted by Crippen LogP contribution is 2.46. The van der Waals surface area contributed by atoms with Crippen LogP contribution in [0.1, 0.15) is 16.7 Å². The van der Waals surface area contributed by atoms with Crippen molar-refractivity contribution in [3.8, 4) is 22.5 Å². The molecule has 0 saturated heterocycles. The average Bonchev–Trinajstić information content (AvgIpc) is 3.52. The maximum absolute atomic E-state index is 16.0. The first-order chi connectivity index (χ1) is 22.1. The summed E-state index contributed by atoms with van der Waals surface area (Å²) in [4.78, 5) is 0. The first kappa shape index (κ1) is 28.1. The van der Waals surface area contributed by atoms with Crippen LogP contribution < -0.4 is 0 Å². The SMILES string of the molecule is Cc1ccc2c3ccccc3n(-c3cc(C(F)(F)F)cc(-n4c5ccccc5c5ccc(C)cc54)c3-c3c(F)cccc3F)c2c1. The lowest BCUT2D eigenvalue weighted by atomic mass is 9.96. The lowest BCUT2D eigenvalue weighted by Gasteiger charge is -2.23. The van der Waals surface area contributed by atoms with Crippen LogP contribution in [0.25, 0.3) is 66.1 Å². The number of aryl methyl sites for hydroxylation is 2. The molecule has 0 aliphatic rings. The minimum absolute atomic E-state index is 0.0110. The molecule has 46 heavy (non-hydrogen) atoms. The van der Waals surface area contributed by atoms with Gasteiger partial charge in [-0.15, -0.1) is 0 Å². The average molecular weight is 617 g/mol. The monoisotopic (exact) mass is 616 g/mol. The smallest absolute Gasteiger partial charge is 0.309 e. The fraction of sp³-hybridized carbons (Fsp3) is 0.0769. The van der Waals surface area contributed by atoms with Crippen molar-refractivity contribution in [2.24, 2.45) is 0 Å². The fourth-order valence-electron chi connectivity index (χ4n) is 6.80. The predicted molar refractivity (Wildman–Crippen MR) is 175 cm³/mol. The minimum atomic E-state index is -4.76. The van der Waals surface area contributed by atoms with Crippen LogP contribution in [0, 0.1) is 25.5 Å². The van der Waals surface area contributed by atoms with E-state index in [1.807, 2.05) is 86.6 Å². The molecule has 8 rings (SSSR count). The minimum Gasteiger partial charge on any atom is -0.309 e. The van der Waals surface area contributed by atoms with E-state index in [0.717, 1.165) is 56.9 Å². The van der Waals surface area contributed by atoms with Crippen molar-refractivity contribution in [3.63, 3.8) is 0 Å². The molecule has 0 bridgehead atoms. The van der Waals surface area contributed by atoms with Crippen molar-refractivity contribution in [3.05, 3.63) is 144 Å². The molecule has 0 saturated carbocycles. The highest BCUT2D eigenvalue weighted by molar-refractivity contribution is 6.12. The zero-order valence-corrected chi connectivity index (χ0v) is 24.8. The number of aromatic nitrogens is 2. The molecule has 0 aliphatic heterocycles. The zero-order chi connectivity index (χ0) is 31.9. The molecule has 0 N–H and O–H groups in total. The standard InChI is InChI=1S/C39H25F5N2/c1-22-14-16-27-25-8-3-5-12-31(25)45(33(27)18-22)35-20-24(39(42,43)44)21-36(38(35)37-29(40)10-7-11-30(37)41)46-32-13-6-4-9-26(32)28-17-15-23(2)19-34(28)46/h3-21H,1-2H3. The molecule has 6 aromatic carbocycles. The Hall–Kier alpha value is -5.43. The summed E-state index contributed by atoms with van der Waals surface area (Å²) in [6, 6.07) is 31.8. The van der Waals surface area contributed by atoms with Crippen LogP contribution in [0.15, 0.2) is 115 Å². The highest BCUT2D eigenvalue weighted by atomic mass is 19.4. The molecule has 2 nitrogen and oxygen atoms in total. The Balaban J connectivity index is 1.66. The maximum Gasteiger partial charge on any atom is 0.416 e. The van der Waals surface area contributed by atoms with Crippen LogP contribution in [-0.4, -0.2) is 9.13 Å². The predicted octanol–water partition coefficient (Wildman–Crippen LogP) is 11.5. The summed E-state index contributed by atoms with van der Waals surface area (Å²) in [5.41, 5.74) is 2.97. The van der Waals surface area contributed by atoms with E-state index < -0.39 is 28.9 Å². The summed E-state index contributed by atoms with van der Waals surface area (Å²) in [5.74, 6) is -1.76.